The van der Waals surface area contributed by atoms with Crippen molar-refractivity contribution in [3.05, 3.63) is 0 Å². The molecule has 0 aromatic heterocycles. The zero-order valence-electron chi connectivity index (χ0n) is 9.65. The largest absolute Gasteiger partial charge is 0.363 e. The van der Waals surface area contributed by atoms with Gasteiger partial charge in [0.05, 0.1) is 12.4 Å². The van der Waals surface area contributed by atoms with Crippen molar-refractivity contribution in [1.29, 1.82) is 0 Å². The molecule has 0 aliphatic carbocycles. The van der Waals surface area contributed by atoms with E-state index in [0.29, 0.717) is 19.5 Å². The minimum atomic E-state index is -3.01. The molecule has 0 radical (unpaired) electrons. The molecular formula is C10H19NO3S2. The Morgan fingerprint density at radius 2 is 2.06 bits per heavy atom. The molecule has 2 fully saturated rings. The summed E-state index contributed by atoms with van der Waals surface area (Å²) in [6.45, 7) is 3.95. The van der Waals surface area contributed by atoms with Gasteiger partial charge in [0, 0.05) is 18.8 Å². The number of hydrogen-bond donors (Lipinski definition) is 0. The van der Waals surface area contributed by atoms with Crippen molar-refractivity contribution in [2.24, 2.45) is 0 Å². The van der Waals surface area contributed by atoms with Crippen LogP contribution < -0.4 is 0 Å². The Labute approximate surface area is 102 Å². The maximum absolute atomic E-state index is 11.9. The number of ether oxygens (including phenoxy) is 1. The molecule has 0 amide bonds. The molecular weight excluding hydrogens is 246 g/mol. The summed E-state index contributed by atoms with van der Waals surface area (Å²) >= 11 is 1.85. The number of thioether (sulfide) groups is 1. The van der Waals surface area contributed by atoms with Gasteiger partial charge in [-0.25, -0.2) is 12.7 Å². The molecule has 2 saturated heterocycles. The van der Waals surface area contributed by atoms with Gasteiger partial charge >= 0.3 is 0 Å². The third-order valence-corrected chi connectivity index (χ3v) is 6.65. The molecule has 4 nitrogen and oxygen atoms in total. The summed E-state index contributed by atoms with van der Waals surface area (Å²) in [5.74, 6) is 1.32. The van der Waals surface area contributed by atoms with E-state index in [1.165, 1.54) is 0 Å². The van der Waals surface area contributed by atoms with Crippen molar-refractivity contribution >= 4 is 21.8 Å². The van der Waals surface area contributed by atoms with Gasteiger partial charge in [0.25, 0.3) is 0 Å². The molecule has 0 atom stereocenters. The van der Waals surface area contributed by atoms with Crippen molar-refractivity contribution in [1.82, 2.24) is 4.31 Å². The number of hydrogen-bond acceptors (Lipinski definition) is 4. The first-order valence-electron chi connectivity index (χ1n) is 5.84. The highest BCUT2D eigenvalue weighted by molar-refractivity contribution is 8.00. The highest BCUT2D eigenvalue weighted by Gasteiger charge is 2.41. The number of nitrogens with zero attached hydrogens (tertiary/aromatic N) is 1. The van der Waals surface area contributed by atoms with Crippen LogP contribution in [-0.4, -0.2) is 48.9 Å². The lowest BCUT2D eigenvalue weighted by Crippen LogP contribution is -2.45. The Morgan fingerprint density at radius 3 is 2.56 bits per heavy atom. The molecule has 0 bridgehead atoms. The van der Waals surface area contributed by atoms with Gasteiger partial charge in [0.15, 0.2) is 0 Å². The summed E-state index contributed by atoms with van der Waals surface area (Å²) < 4.78 is 31.1. The molecule has 2 heterocycles. The molecule has 0 saturated carbocycles. The van der Waals surface area contributed by atoms with Gasteiger partial charge in [-0.15, -0.1) is 11.8 Å². The summed E-state index contributed by atoms with van der Waals surface area (Å²) in [6.07, 6.45) is 2.36. The van der Waals surface area contributed by atoms with Crippen LogP contribution in [0.25, 0.3) is 0 Å². The zero-order chi connectivity index (χ0) is 11.6. The van der Waals surface area contributed by atoms with E-state index >= 15 is 0 Å². The van der Waals surface area contributed by atoms with Crippen LogP contribution >= 0.6 is 11.8 Å². The molecule has 16 heavy (non-hydrogen) atoms. The Morgan fingerprint density at radius 1 is 1.38 bits per heavy atom. The fourth-order valence-electron chi connectivity index (χ4n) is 2.28. The Kier molecular flexibility index (Phi) is 3.83. The molecule has 0 aromatic carbocycles. The lowest BCUT2D eigenvalue weighted by atomic mass is 10.1. The smallest absolute Gasteiger partial charge is 0.214 e. The summed E-state index contributed by atoms with van der Waals surface area (Å²) in [4.78, 5) is -0.0712. The van der Waals surface area contributed by atoms with Crippen LogP contribution in [0.3, 0.4) is 0 Å². The number of sulfonamides is 1. The van der Waals surface area contributed by atoms with Gasteiger partial charge in [-0.2, -0.15) is 0 Å². The molecule has 0 aromatic rings. The van der Waals surface area contributed by atoms with Crippen molar-refractivity contribution in [2.75, 3.05) is 31.2 Å². The third kappa shape index (κ3) is 2.55. The van der Waals surface area contributed by atoms with Crippen LogP contribution in [0.2, 0.25) is 0 Å². The van der Waals surface area contributed by atoms with Crippen molar-refractivity contribution in [3.63, 3.8) is 0 Å². The van der Waals surface area contributed by atoms with Crippen molar-refractivity contribution in [2.45, 2.75) is 31.1 Å². The molecule has 94 valence electrons. The van der Waals surface area contributed by atoms with Gasteiger partial charge in [0.2, 0.25) is 10.0 Å². The zero-order valence-corrected chi connectivity index (χ0v) is 11.3. The molecule has 0 N–H and O–H groups in total. The first-order valence-corrected chi connectivity index (χ1v) is 8.43. The van der Waals surface area contributed by atoms with Crippen LogP contribution in [0.5, 0.6) is 0 Å². The predicted octanol–water partition coefficient (Wildman–Crippen LogP) is 1.28. The second-order valence-corrected chi connectivity index (χ2v) is 7.85. The van der Waals surface area contributed by atoms with E-state index in [1.807, 2.05) is 18.7 Å². The first kappa shape index (κ1) is 12.7. The highest BCUT2D eigenvalue weighted by atomic mass is 32.2. The van der Waals surface area contributed by atoms with Crippen LogP contribution in [0.15, 0.2) is 0 Å². The van der Waals surface area contributed by atoms with E-state index < -0.39 is 10.0 Å². The minimum absolute atomic E-state index is 0.0712. The summed E-state index contributed by atoms with van der Waals surface area (Å²) in [6, 6.07) is 0. The maximum Gasteiger partial charge on any atom is 0.214 e. The van der Waals surface area contributed by atoms with Crippen molar-refractivity contribution < 1.29 is 13.2 Å². The maximum atomic E-state index is 11.9. The second-order valence-electron chi connectivity index (χ2n) is 4.32. The van der Waals surface area contributed by atoms with Gasteiger partial charge in [-0.1, -0.05) is 6.92 Å². The topological polar surface area (TPSA) is 46.6 Å². The van der Waals surface area contributed by atoms with Crippen LogP contribution in [0.1, 0.15) is 26.2 Å². The monoisotopic (exact) mass is 265 g/mol. The van der Waals surface area contributed by atoms with E-state index in [9.17, 15) is 8.42 Å². The molecule has 2 rings (SSSR count). The highest BCUT2D eigenvalue weighted by Crippen LogP contribution is 2.41. The lowest BCUT2D eigenvalue weighted by Gasteiger charge is -2.37. The summed E-state index contributed by atoms with van der Waals surface area (Å²) in [7, 11) is -3.01. The second kappa shape index (κ2) is 4.84. The Hall–Kier alpha value is 0.220. The quantitative estimate of drug-likeness (QED) is 0.771. The van der Waals surface area contributed by atoms with E-state index in [0.717, 1.165) is 25.2 Å². The third-order valence-electron chi connectivity index (χ3n) is 3.15. The van der Waals surface area contributed by atoms with Gasteiger partial charge in [0.1, 0.15) is 4.93 Å². The van der Waals surface area contributed by atoms with Crippen LogP contribution in [0.4, 0.5) is 0 Å². The fraction of sp³-hybridized carbons (Fsp3) is 1.00. The standard InChI is InChI=1S/C10H19NO3S2/c1-2-9-16(12,13)11-5-3-10(4-6-11)14-7-8-15-10/h2-9H2,1H3. The van der Waals surface area contributed by atoms with Crippen LogP contribution in [0, 0.1) is 0 Å². The van der Waals surface area contributed by atoms with Gasteiger partial charge < -0.3 is 4.74 Å². The summed E-state index contributed by atoms with van der Waals surface area (Å²) in [5.41, 5.74) is 0. The van der Waals surface area contributed by atoms with Crippen molar-refractivity contribution in [3.8, 4) is 0 Å². The number of piperidine rings is 1. The Bertz CT molecular complexity index is 326. The van der Waals surface area contributed by atoms with E-state index in [4.69, 9.17) is 4.74 Å². The van der Waals surface area contributed by atoms with Gasteiger partial charge in [-0.3, -0.25) is 0 Å². The molecule has 2 aliphatic rings. The SMILES string of the molecule is CCCS(=O)(=O)N1CCC2(CC1)OCCS2. The van der Waals surface area contributed by atoms with E-state index in [1.54, 1.807) is 4.31 Å². The average Bonchev–Trinajstić information content (AvgIpc) is 2.67. The predicted molar refractivity (Wildman–Crippen MR) is 66.0 cm³/mol. The van der Waals surface area contributed by atoms with E-state index in [-0.39, 0.29) is 10.7 Å². The molecule has 0 unspecified atom stereocenters. The van der Waals surface area contributed by atoms with Gasteiger partial charge in [-0.05, 0) is 19.3 Å². The molecule has 6 heteroatoms. The normalized spacial score (nSPS) is 26.3. The number of rotatable bonds is 3. The Balaban J connectivity index is 1.94. The molecule has 2 aliphatic heterocycles. The first-order chi connectivity index (χ1) is 7.58. The average molecular weight is 265 g/mol. The lowest BCUT2D eigenvalue weighted by molar-refractivity contribution is 0.0162. The minimum Gasteiger partial charge on any atom is -0.363 e. The van der Waals surface area contributed by atoms with Crippen LogP contribution in [-0.2, 0) is 14.8 Å². The summed E-state index contributed by atoms with van der Waals surface area (Å²) in [5, 5.41) is 0. The molecule has 1 spiro atoms. The fourth-order valence-corrected chi connectivity index (χ4v) is 4.97. The van der Waals surface area contributed by atoms with E-state index in [2.05, 4.69) is 0 Å².